The van der Waals surface area contributed by atoms with Gasteiger partial charge in [-0.15, -0.1) is 0 Å². The van der Waals surface area contributed by atoms with E-state index in [1.54, 1.807) is 29.4 Å². The number of hydrogen-bond donors (Lipinski definition) is 1. The van der Waals surface area contributed by atoms with Crippen LogP contribution >= 0.6 is 15.9 Å². The van der Waals surface area contributed by atoms with Crippen molar-refractivity contribution in [3.63, 3.8) is 0 Å². The molecule has 4 aromatic rings. The van der Waals surface area contributed by atoms with Gasteiger partial charge in [0.05, 0.1) is 12.6 Å². The lowest BCUT2D eigenvalue weighted by molar-refractivity contribution is -0.140. The lowest BCUT2D eigenvalue weighted by atomic mass is 10.0. The van der Waals surface area contributed by atoms with Crippen molar-refractivity contribution in [2.75, 3.05) is 12.4 Å². The summed E-state index contributed by atoms with van der Waals surface area (Å²) in [5.41, 5.74) is 2.99. The Hall–Kier alpha value is -4.52. The Labute approximate surface area is 261 Å². The normalized spacial score (nSPS) is 20.3. The second-order valence-corrected chi connectivity index (χ2v) is 12.4. The minimum Gasteiger partial charge on any atom is -0.469 e. The number of nitrogens with one attached hydrogen (secondary N) is 1. The number of ether oxygens (including phenoxy) is 1. The maximum Gasteiger partial charge on any atom is 0.313 e. The number of pyridine rings is 1. The fraction of sp³-hybridized carbons (Fsp3) is 0.355. The van der Waals surface area contributed by atoms with Crippen molar-refractivity contribution in [1.29, 1.82) is 0 Å². The number of piperidine rings is 1. The highest BCUT2D eigenvalue weighted by Gasteiger charge is 2.64. The molecule has 0 radical (unpaired) electrons. The Kier molecular flexibility index (Phi) is 7.52. The van der Waals surface area contributed by atoms with Crippen LogP contribution in [0, 0.1) is 12.3 Å². The Morgan fingerprint density at radius 3 is 2.55 bits per heavy atom. The molecule has 1 aromatic carbocycles. The number of benzene rings is 1. The molecule has 0 spiro atoms. The zero-order valence-corrected chi connectivity index (χ0v) is 26.2. The van der Waals surface area contributed by atoms with Crippen LogP contribution in [0.2, 0.25) is 0 Å². The first-order chi connectivity index (χ1) is 21.0. The number of carbonyl (C=O) groups is 4. The average molecular weight is 661 g/mol. The van der Waals surface area contributed by atoms with Crippen LogP contribution < -0.4 is 5.32 Å². The van der Waals surface area contributed by atoms with E-state index in [0.29, 0.717) is 39.1 Å². The van der Waals surface area contributed by atoms with E-state index in [2.05, 4.69) is 53.0 Å². The molecular formula is C31H30BrN7O5. The molecule has 0 unspecified atom stereocenters. The Bertz CT molecular complexity index is 1840. The molecule has 4 heterocycles. The highest BCUT2D eigenvalue weighted by atomic mass is 79.9. The zero-order valence-electron chi connectivity index (χ0n) is 24.6. The highest BCUT2D eigenvalue weighted by molar-refractivity contribution is 9.10. The number of hydrogen-bond acceptors (Lipinski definition) is 9. The topological polar surface area (TPSA) is 149 Å². The van der Waals surface area contributed by atoms with Gasteiger partial charge >= 0.3 is 5.97 Å². The van der Waals surface area contributed by atoms with Gasteiger partial charge in [-0.25, -0.2) is 15.0 Å². The first-order valence-electron chi connectivity index (χ1n) is 14.1. The van der Waals surface area contributed by atoms with E-state index in [9.17, 15) is 19.2 Å². The van der Waals surface area contributed by atoms with Crippen LogP contribution in [0.4, 0.5) is 5.82 Å². The van der Waals surface area contributed by atoms with E-state index in [0.717, 1.165) is 17.5 Å². The number of likely N-dealkylation sites (tertiary alicyclic amines) is 1. The number of Topliss-reactive ketones (excluding diaryl/α,β-unsaturated/α-hetero) is 1. The van der Waals surface area contributed by atoms with E-state index in [4.69, 9.17) is 0 Å². The molecule has 1 aliphatic heterocycles. The van der Waals surface area contributed by atoms with Gasteiger partial charge < -0.3 is 15.0 Å². The van der Waals surface area contributed by atoms with E-state index >= 15 is 0 Å². The summed E-state index contributed by atoms with van der Waals surface area (Å²) in [7, 11) is 1.30. The molecule has 226 valence electrons. The summed E-state index contributed by atoms with van der Waals surface area (Å²) in [6, 6.07) is 8.44. The van der Waals surface area contributed by atoms with Crippen molar-refractivity contribution in [3.8, 4) is 11.1 Å². The Morgan fingerprint density at radius 2 is 1.84 bits per heavy atom. The first kappa shape index (κ1) is 29.5. The lowest BCUT2D eigenvalue weighted by Crippen LogP contribution is -2.47. The smallest absolute Gasteiger partial charge is 0.313 e. The van der Waals surface area contributed by atoms with Crippen LogP contribution in [0.25, 0.3) is 22.0 Å². The standard InChI is InChI=1S/C31H30BrN7O5/c1-16-5-8-24(32)35-29(16)36-30(43)22-11-31(3)12-23(31)39(22)26(41)15-38-21-7-6-18(9-20(21)28(37-38)17(2)40)19-13-33-25(34-14-19)10-27(42)44-4/h5-9,13-14,22-23H,10-12,15H2,1-4H3,(H,35,36,43)/t22-,23+,31-/m0/s1. The summed E-state index contributed by atoms with van der Waals surface area (Å²) in [6.07, 6.45) is 4.56. The minimum absolute atomic E-state index is 0.0365. The quantitative estimate of drug-likeness (QED) is 0.169. The largest absolute Gasteiger partial charge is 0.469 e. The van der Waals surface area contributed by atoms with Gasteiger partial charge in [-0.05, 0) is 70.4 Å². The second kappa shape index (κ2) is 11.2. The van der Waals surface area contributed by atoms with Crippen LogP contribution in [0.5, 0.6) is 0 Å². The van der Waals surface area contributed by atoms with Crippen LogP contribution in [0.3, 0.4) is 0 Å². The maximum atomic E-state index is 13.9. The molecule has 1 saturated carbocycles. The zero-order chi connectivity index (χ0) is 31.3. The molecule has 2 fully saturated rings. The van der Waals surface area contributed by atoms with Gasteiger partial charge in [0, 0.05) is 36.3 Å². The molecule has 44 heavy (non-hydrogen) atoms. The average Bonchev–Trinajstić information content (AvgIpc) is 3.36. The van der Waals surface area contributed by atoms with E-state index in [1.165, 1.54) is 18.7 Å². The maximum absolute atomic E-state index is 13.9. The van der Waals surface area contributed by atoms with Crippen LogP contribution in [0.1, 0.15) is 48.6 Å². The molecule has 2 amide bonds. The molecule has 2 aliphatic rings. The van der Waals surface area contributed by atoms with E-state index in [-0.39, 0.29) is 47.7 Å². The van der Waals surface area contributed by atoms with E-state index < -0.39 is 12.0 Å². The SMILES string of the molecule is COC(=O)Cc1ncc(-c2ccc3c(c2)c(C(C)=O)nn3CC(=O)N2[C@H](C(=O)Nc3nc(Br)ccc3C)C[C@@]3(C)C[C@@H]23)cn1. The summed E-state index contributed by atoms with van der Waals surface area (Å²) in [5, 5.41) is 8.03. The van der Waals surface area contributed by atoms with Crippen molar-refractivity contribution in [3.05, 3.63) is 64.4 Å². The molecule has 1 aliphatic carbocycles. The summed E-state index contributed by atoms with van der Waals surface area (Å²) < 4.78 is 6.80. The number of aryl methyl sites for hydroxylation is 1. The summed E-state index contributed by atoms with van der Waals surface area (Å²) in [5.74, 6) is -0.413. The second-order valence-electron chi connectivity index (χ2n) is 11.6. The molecular weight excluding hydrogens is 630 g/mol. The van der Waals surface area contributed by atoms with Gasteiger partial charge in [0.15, 0.2) is 5.78 Å². The molecule has 12 nitrogen and oxygen atoms in total. The molecule has 3 aromatic heterocycles. The van der Waals surface area contributed by atoms with Gasteiger partial charge in [-0.2, -0.15) is 5.10 Å². The van der Waals surface area contributed by atoms with Crippen molar-refractivity contribution >= 4 is 56.2 Å². The number of anilines is 1. The highest BCUT2D eigenvalue weighted by Crippen LogP contribution is 2.59. The van der Waals surface area contributed by atoms with Crippen molar-refractivity contribution in [1.82, 2.24) is 29.6 Å². The first-order valence-corrected chi connectivity index (χ1v) is 14.9. The van der Waals surface area contributed by atoms with Gasteiger partial charge in [0.2, 0.25) is 11.8 Å². The predicted molar refractivity (Wildman–Crippen MR) is 164 cm³/mol. The molecule has 3 atom stereocenters. The van der Waals surface area contributed by atoms with Crippen LogP contribution in [-0.4, -0.2) is 72.4 Å². The fourth-order valence-corrected chi connectivity index (χ4v) is 6.25. The monoisotopic (exact) mass is 659 g/mol. The third kappa shape index (κ3) is 5.47. The minimum atomic E-state index is -0.644. The van der Waals surface area contributed by atoms with Crippen molar-refractivity contribution < 1.29 is 23.9 Å². The predicted octanol–water partition coefficient (Wildman–Crippen LogP) is 3.90. The van der Waals surface area contributed by atoms with Gasteiger partial charge in [0.25, 0.3) is 0 Å². The third-order valence-corrected chi connectivity index (χ3v) is 8.91. The third-order valence-electron chi connectivity index (χ3n) is 8.47. The number of methoxy groups -OCH3 is 1. The number of ketones is 1. The Morgan fingerprint density at radius 1 is 1.09 bits per heavy atom. The molecule has 1 N–H and O–H groups in total. The lowest BCUT2D eigenvalue weighted by Gasteiger charge is -2.27. The number of halogens is 1. The van der Waals surface area contributed by atoms with E-state index in [1.807, 2.05) is 25.1 Å². The van der Waals surface area contributed by atoms with Crippen molar-refractivity contribution in [2.24, 2.45) is 5.41 Å². The summed E-state index contributed by atoms with van der Waals surface area (Å²) >= 11 is 3.35. The fourth-order valence-electron chi connectivity index (χ4n) is 5.94. The summed E-state index contributed by atoms with van der Waals surface area (Å²) in [6.45, 7) is 5.26. The van der Waals surface area contributed by atoms with Crippen LogP contribution in [0.15, 0.2) is 47.3 Å². The number of carbonyl (C=O) groups excluding carboxylic acids is 4. The number of esters is 1. The summed E-state index contributed by atoms with van der Waals surface area (Å²) in [4.78, 5) is 66.0. The number of rotatable bonds is 8. The van der Waals surface area contributed by atoms with Crippen LogP contribution in [-0.2, 0) is 32.1 Å². The number of fused-ring (bicyclic) bond motifs is 2. The molecule has 1 saturated heterocycles. The molecule has 13 heteroatoms. The number of nitrogens with zero attached hydrogens (tertiary/aromatic N) is 6. The molecule has 6 rings (SSSR count). The van der Waals surface area contributed by atoms with Gasteiger partial charge in [0.1, 0.15) is 40.9 Å². The van der Waals surface area contributed by atoms with Gasteiger partial charge in [-0.1, -0.05) is 19.1 Å². The number of aromatic nitrogens is 5. The van der Waals surface area contributed by atoms with Gasteiger partial charge in [-0.3, -0.25) is 23.9 Å². The molecule has 0 bridgehead atoms. The van der Waals surface area contributed by atoms with Crippen molar-refractivity contribution in [2.45, 2.75) is 58.7 Å². The number of amides is 2. The Balaban J connectivity index is 1.26.